The zero-order valence-corrected chi connectivity index (χ0v) is 24.7. The molecule has 2 saturated heterocycles. The second kappa shape index (κ2) is 12.1. The van der Waals surface area contributed by atoms with Crippen LogP contribution in [0.4, 0.5) is 0 Å². The summed E-state index contributed by atoms with van der Waals surface area (Å²) in [6.45, 7) is 7.95. The van der Waals surface area contributed by atoms with E-state index in [1.54, 1.807) is 32.9 Å². The van der Waals surface area contributed by atoms with Crippen LogP contribution in [0.2, 0.25) is 0 Å². The predicted octanol–water partition coefficient (Wildman–Crippen LogP) is 1.22. The van der Waals surface area contributed by atoms with Gasteiger partial charge in [-0.1, -0.05) is 23.8 Å². The van der Waals surface area contributed by atoms with Crippen LogP contribution in [-0.2, 0) is 28.7 Å². The summed E-state index contributed by atoms with van der Waals surface area (Å²) < 4.78 is 10.7. The lowest BCUT2D eigenvalue weighted by molar-refractivity contribution is -0.135. The van der Waals surface area contributed by atoms with Crippen LogP contribution < -0.4 is 16.0 Å². The highest BCUT2D eigenvalue weighted by Crippen LogP contribution is 2.52. The molecule has 0 bridgehead atoms. The van der Waals surface area contributed by atoms with Crippen LogP contribution in [0.15, 0.2) is 29.8 Å². The standard InChI is InChI=1S/C31H42N4O7/c1-19-8-9-22(15-25(19)36)23-16-31(23,34-28(39)20(2)32-26(37)17-35-10-12-41-13-11-35)29(40)33-24(14-21-6-4-5-7-21)27(38)30(3)18-42-30/h6,8-9,15,20,23-24,36H,4-5,7,10-14,16-18H2,1-3H3,(H,32,37)(H,33,40)(H,34,39)/t20-,23?,24-,30+,31?/m0/s1. The van der Waals surface area contributed by atoms with Gasteiger partial charge in [0.1, 0.15) is 22.9 Å². The Labute approximate surface area is 246 Å². The van der Waals surface area contributed by atoms with Crippen molar-refractivity contribution in [2.45, 2.75) is 82.0 Å². The molecule has 4 aliphatic rings. The number of amides is 3. The number of carbonyl (C=O) groups excluding carboxylic acids is 4. The summed E-state index contributed by atoms with van der Waals surface area (Å²) in [7, 11) is 0. The van der Waals surface area contributed by atoms with Gasteiger partial charge in [-0.3, -0.25) is 24.1 Å². The molecule has 42 heavy (non-hydrogen) atoms. The summed E-state index contributed by atoms with van der Waals surface area (Å²) >= 11 is 0. The number of rotatable bonds is 12. The number of phenols is 1. The van der Waals surface area contributed by atoms with Gasteiger partial charge >= 0.3 is 0 Å². The first-order valence-electron chi connectivity index (χ1n) is 14.9. The molecule has 5 rings (SSSR count). The number of ether oxygens (including phenoxy) is 2. The Morgan fingerprint density at radius 3 is 2.55 bits per heavy atom. The molecule has 3 amide bonds. The van der Waals surface area contributed by atoms with E-state index in [4.69, 9.17) is 9.47 Å². The van der Waals surface area contributed by atoms with E-state index in [1.807, 2.05) is 11.0 Å². The maximum Gasteiger partial charge on any atom is 0.247 e. The first-order chi connectivity index (χ1) is 20.0. The van der Waals surface area contributed by atoms with Crippen LogP contribution in [0.3, 0.4) is 0 Å². The van der Waals surface area contributed by atoms with E-state index in [9.17, 15) is 24.3 Å². The van der Waals surface area contributed by atoms with Crippen molar-refractivity contribution in [2.75, 3.05) is 39.5 Å². The summed E-state index contributed by atoms with van der Waals surface area (Å²) in [4.78, 5) is 55.5. The van der Waals surface area contributed by atoms with Gasteiger partial charge in [0, 0.05) is 19.0 Å². The second-order valence-electron chi connectivity index (χ2n) is 12.3. The normalized spacial score (nSPS) is 28.3. The van der Waals surface area contributed by atoms with Crippen LogP contribution >= 0.6 is 0 Å². The number of nitrogens with one attached hydrogen (secondary N) is 3. The maximum atomic E-state index is 14.0. The highest BCUT2D eigenvalue weighted by atomic mass is 16.6. The molecule has 11 heteroatoms. The Kier molecular flexibility index (Phi) is 8.73. The number of ketones is 1. The molecule has 2 unspecified atom stereocenters. The summed E-state index contributed by atoms with van der Waals surface area (Å²) in [5, 5.41) is 19.0. The predicted molar refractivity (Wildman–Crippen MR) is 154 cm³/mol. The number of aromatic hydroxyl groups is 1. The van der Waals surface area contributed by atoms with Crippen molar-refractivity contribution in [1.29, 1.82) is 0 Å². The molecule has 0 spiro atoms. The minimum Gasteiger partial charge on any atom is -0.508 e. The third-order valence-corrected chi connectivity index (χ3v) is 8.91. The van der Waals surface area contributed by atoms with E-state index in [0.717, 1.165) is 24.8 Å². The van der Waals surface area contributed by atoms with Gasteiger partial charge in [0.2, 0.25) is 17.7 Å². The van der Waals surface area contributed by atoms with Crippen molar-refractivity contribution in [3.8, 4) is 5.75 Å². The molecule has 3 fully saturated rings. The molecule has 11 nitrogen and oxygen atoms in total. The molecule has 2 aliphatic heterocycles. The van der Waals surface area contributed by atoms with Crippen LogP contribution in [0.1, 0.15) is 63.0 Å². The number of morpholine rings is 1. The molecule has 0 radical (unpaired) electrons. The van der Waals surface area contributed by atoms with Crippen molar-refractivity contribution < 1.29 is 33.8 Å². The molecule has 1 aromatic rings. The molecule has 228 valence electrons. The van der Waals surface area contributed by atoms with Gasteiger partial charge in [-0.05, 0) is 70.1 Å². The number of nitrogens with zero attached hydrogens (tertiary/aromatic N) is 1. The van der Waals surface area contributed by atoms with Crippen LogP contribution in [0.25, 0.3) is 0 Å². The first-order valence-corrected chi connectivity index (χ1v) is 14.9. The highest BCUT2D eigenvalue weighted by Gasteiger charge is 2.63. The third-order valence-electron chi connectivity index (χ3n) is 8.91. The SMILES string of the molecule is Cc1ccc(C2CC2(NC(=O)[C@H](C)NC(=O)CN2CCOCC2)C(=O)N[C@@H](CC2=CCCC2)C(=O)[C@@]2(C)CO2)cc1O. The van der Waals surface area contributed by atoms with Crippen molar-refractivity contribution in [2.24, 2.45) is 0 Å². The minimum absolute atomic E-state index is 0.101. The molecule has 1 aromatic carbocycles. The minimum atomic E-state index is -1.34. The summed E-state index contributed by atoms with van der Waals surface area (Å²) in [6, 6.07) is 3.53. The van der Waals surface area contributed by atoms with E-state index in [-0.39, 0.29) is 24.0 Å². The zero-order valence-electron chi connectivity index (χ0n) is 24.7. The third kappa shape index (κ3) is 6.68. The molecule has 5 atom stereocenters. The summed E-state index contributed by atoms with van der Waals surface area (Å²) in [5.41, 5.74) is 0.275. The van der Waals surface area contributed by atoms with Gasteiger partial charge in [0.15, 0.2) is 5.78 Å². The van der Waals surface area contributed by atoms with Crippen LogP contribution in [-0.4, -0.2) is 96.2 Å². The number of allylic oxidation sites excluding steroid dienone is 1. The molecular weight excluding hydrogens is 540 g/mol. The highest BCUT2D eigenvalue weighted by molar-refractivity contribution is 6.02. The van der Waals surface area contributed by atoms with Gasteiger partial charge in [0.05, 0.1) is 32.4 Å². The van der Waals surface area contributed by atoms with E-state index in [2.05, 4.69) is 22.0 Å². The Hall–Kier alpha value is -3.28. The van der Waals surface area contributed by atoms with Gasteiger partial charge in [-0.25, -0.2) is 0 Å². The Morgan fingerprint density at radius 1 is 1.17 bits per heavy atom. The number of hydrogen-bond acceptors (Lipinski definition) is 8. The van der Waals surface area contributed by atoms with Crippen molar-refractivity contribution in [3.05, 3.63) is 41.0 Å². The molecule has 4 N–H and O–H groups in total. The lowest BCUT2D eigenvalue weighted by atomic mass is 9.93. The monoisotopic (exact) mass is 582 g/mol. The largest absolute Gasteiger partial charge is 0.508 e. The van der Waals surface area contributed by atoms with Gasteiger partial charge in [-0.15, -0.1) is 0 Å². The van der Waals surface area contributed by atoms with Crippen molar-refractivity contribution >= 4 is 23.5 Å². The van der Waals surface area contributed by atoms with Crippen LogP contribution in [0, 0.1) is 6.92 Å². The number of carbonyl (C=O) groups is 4. The van der Waals surface area contributed by atoms with E-state index < -0.39 is 41.0 Å². The van der Waals surface area contributed by atoms with E-state index in [0.29, 0.717) is 56.9 Å². The molecule has 0 aromatic heterocycles. The maximum absolute atomic E-state index is 14.0. The first kappa shape index (κ1) is 30.2. The average Bonchev–Trinajstić information content (AvgIpc) is 3.83. The Balaban J connectivity index is 1.32. The topological polar surface area (TPSA) is 150 Å². The van der Waals surface area contributed by atoms with Gasteiger partial charge < -0.3 is 30.5 Å². The van der Waals surface area contributed by atoms with Crippen molar-refractivity contribution in [3.63, 3.8) is 0 Å². The van der Waals surface area contributed by atoms with Crippen molar-refractivity contribution in [1.82, 2.24) is 20.9 Å². The second-order valence-corrected chi connectivity index (χ2v) is 12.3. The Bertz CT molecular complexity index is 1270. The molecule has 2 aliphatic carbocycles. The molecule has 2 heterocycles. The van der Waals surface area contributed by atoms with E-state index >= 15 is 0 Å². The fraction of sp³-hybridized carbons (Fsp3) is 0.613. The van der Waals surface area contributed by atoms with Gasteiger partial charge in [-0.2, -0.15) is 0 Å². The lowest BCUT2D eigenvalue weighted by Crippen LogP contribution is -2.58. The van der Waals surface area contributed by atoms with E-state index in [1.165, 1.54) is 0 Å². The number of phenolic OH excluding ortho intramolecular Hbond substituents is 1. The zero-order chi connectivity index (χ0) is 30.1. The number of benzene rings is 1. The quantitative estimate of drug-likeness (QED) is 0.212. The summed E-state index contributed by atoms with van der Waals surface area (Å²) in [5.74, 6) is -1.75. The van der Waals surface area contributed by atoms with Gasteiger partial charge in [0.25, 0.3) is 0 Å². The smallest absolute Gasteiger partial charge is 0.247 e. The number of hydrogen-bond donors (Lipinski definition) is 4. The fourth-order valence-corrected chi connectivity index (χ4v) is 5.90. The van der Waals surface area contributed by atoms with Crippen LogP contribution in [0.5, 0.6) is 5.75 Å². The molecule has 1 saturated carbocycles. The average molecular weight is 583 g/mol. The number of Topliss-reactive ketones (excluding diaryl/α,β-unsaturated/α-hetero) is 1. The Morgan fingerprint density at radius 2 is 1.90 bits per heavy atom. The molecular formula is C31H42N4O7. The summed E-state index contributed by atoms with van der Waals surface area (Å²) in [6.07, 6.45) is 5.66. The lowest BCUT2D eigenvalue weighted by Gasteiger charge is -2.27. The fourth-order valence-electron chi connectivity index (χ4n) is 5.90. The number of epoxide rings is 1. The number of aryl methyl sites for hydroxylation is 1.